The van der Waals surface area contributed by atoms with Crippen LogP contribution in [0.5, 0.6) is 0 Å². The van der Waals surface area contributed by atoms with Crippen LogP contribution in [0.3, 0.4) is 0 Å². The fraction of sp³-hybridized carbons (Fsp3) is 0.727. The van der Waals surface area contributed by atoms with Gasteiger partial charge in [0, 0.05) is 0 Å². The lowest BCUT2D eigenvalue weighted by atomic mass is 9.82. The number of rotatable bonds is 5. The molecule has 0 radical (unpaired) electrons. The summed E-state index contributed by atoms with van der Waals surface area (Å²) in [5.74, 6) is -1.58. The second kappa shape index (κ2) is 5.16. The van der Waals surface area contributed by atoms with E-state index in [4.69, 9.17) is 4.74 Å². The Labute approximate surface area is 100 Å². The molecule has 0 saturated carbocycles. The molecule has 0 aromatic heterocycles. The third-order valence-electron chi connectivity index (χ3n) is 2.92. The molecule has 17 heavy (non-hydrogen) atoms. The molecule has 2 unspecified atom stereocenters. The van der Waals surface area contributed by atoms with E-state index in [0.717, 1.165) is 6.42 Å². The topological polar surface area (TPSA) is 84.5 Å². The number of nitrogens with one attached hydrogen (secondary N) is 2. The van der Waals surface area contributed by atoms with E-state index in [1.807, 2.05) is 6.92 Å². The highest BCUT2D eigenvalue weighted by Crippen LogP contribution is 2.26. The van der Waals surface area contributed by atoms with E-state index in [1.54, 1.807) is 13.8 Å². The highest BCUT2D eigenvalue weighted by Gasteiger charge is 2.51. The summed E-state index contributed by atoms with van der Waals surface area (Å²) in [6.07, 6.45) is 1.21. The quantitative estimate of drug-likeness (QED) is 0.545. The Bertz CT molecular complexity index is 342. The van der Waals surface area contributed by atoms with Crippen molar-refractivity contribution in [2.45, 2.75) is 39.2 Å². The fourth-order valence-electron chi connectivity index (χ4n) is 1.98. The second-order valence-corrected chi connectivity index (χ2v) is 4.20. The van der Waals surface area contributed by atoms with Gasteiger partial charge in [0.1, 0.15) is 5.54 Å². The van der Waals surface area contributed by atoms with Crippen molar-refractivity contribution < 1.29 is 19.1 Å². The summed E-state index contributed by atoms with van der Waals surface area (Å²) in [6, 6.07) is -0.567. The second-order valence-electron chi connectivity index (χ2n) is 4.20. The average molecular weight is 242 g/mol. The minimum Gasteiger partial charge on any atom is -0.466 e. The zero-order chi connectivity index (χ0) is 13.1. The van der Waals surface area contributed by atoms with Crippen LogP contribution in [-0.4, -0.2) is 30.1 Å². The summed E-state index contributed by atoms with van der Waals surface area (Å²) in [5.41, 5.74) is -1.21. The molecule has 2 atom stereocenters. The van der Waals surface area contributed by atoms with Crippen molar-refractivity contribution in [2.24, 2.45) is 5.92 Å². The third-order valence-corrected chi connectivity index (χ3v) is 2.92. The largest absolute Gasteiger partial charge is 0.466 e. The lowest BCUT2D eigenvalue weighted by Gasteiger charge is -2.29. The highest BCUT2D eigenvalue weighted by molar-refractivity contribution is 6.08. The first kappa shape index (κ1) is 13.5. The molecule has 6 nitrogen and oxygen atoms in total. The number of ether oxygens (including phenoxy) is 1. The van der Waals surface area contributed by atoms with Gasteiger partial charge in [-0.05, 0) is 20.3 Å². The Morgan fingerprint density at radius 3 is 2.47 bits per heavy atom. The van der Waals surface area contributed by atoms with E-state index in [1.165, 1.54) is 0 Å². The molecular weight excluding hydrogens is 224 g/mol. The summed E-state index contributed by atoms with van der Waals surface area (Å²) in [7, 11) is 0. The van der Waals surface area contributed by atoms with Crippen LogP contribution in [0.1, 0.15) is 33.6 Å². The molecule has 3 amide bonds. The Kier molecular flexibility index (Phi) is 4.09. The van der Waals surface area contributed by atoms with E-state index in [-0.39, 0.29) is 6.61 Å². The number of amides is 3. The molecule has 1 aliphatic rings. The molecule has 1 aliphatic heterocycles. The van der Waals surface area contributed by atoms with Crippen molar-refractivity contribution in [3.05, 3.63) is 0 Å². The van der Waals surface area contributed by atoms with Gasteiger partial charge >= 0.3 is 12.0 Å². The molecule has 0 aromatic carbocycles. The fourth-order valence-corrected chi connectivity index (χ4v) is 1.98. The van der Waals surface area contributed by atoms with Crippen LogP contribution in [0, 0.1) is 5.92 Å². The van der Waals surface area contributed by atoms with Crippen LogP contribution < -0.4 is 10.6 Å². The molecule has 1 rings (SSSR count). The van der Waals surface area contributed by atoms with Gasteiger partial charge in [-0.1, -0.05) is 13.3 Å². The predicted octanol–water partition coefficient (Wildman–Crippen LogP) is 0.564. The minimum absolute atomic E-state index is 0.255. The molecule has 2 N–H and O–H groups in total. The van der Waals surface area contributed by atoms with Crippen LogP contribution >= 0.6 is 0 Å². The maximum absolute atomic E-state index is 11.8. The van der Waals surface area contributed by atoms with Crippen molar-refractivity contribution in [2.75, 3.05) is 6.61 Å². The molecule has 0 spiro atoms. The van der Waals surface area contributed by atoms with Crippen LogP contribution in [0.4, 0.5) is 4.79 Å². The van der Waals surface area contributed by atoms with Crippen LogP contribution in [-0.2, 0) is 14.3 Å². The van der Waals surface area contributed by atoms with Crippen molar-refractivity contribution in [3.8, 4) is 0 Å². The maximum atomic E-state index is 11.8. The Balaban J connectivity index is 2.93. The van der Waals surface area contributed by atoms with Gasteiger partial charge in [0.2, 0.25) is 0 Å². The lowest BCUT2D eigenvalue weighted by Crippen LogP contribution is -2.53. The van der Waals surface area contributed by atoms with Crippen LogP contribution in [0.2, 0.25) is 0 Å². The summed E-state index contributed by atoms with van der Waals surface area (Å²) in [5, 5.41) is 4.65. The molecule has 0 bridgehead atoms. The highest BCUT2D eigenvalue weighted by atomic mass is 16.5. The van der Waals surface area contributed by atoms with E-state index < -0.39 is 29.4 Å². The van der Waals surface area contributed by atoms with E-state index in [0.29, 0.717) is 6.42 Å². The minimum atomic E-state index is -1.21. The lowest BCUT2D eigenvalue weighted by molar-refractivity contribution is -0.153. The molecule has 96 valence electrons. The van der Waals surface area contributed by atoms with Crippen molar-refractivity contribution in [1.29, 1.82) is 0 Å². The SMILES string of the molecule is CCCC(C(=O)OCC)C1(C)NC(=O)NC1=O. The number of hydrogen-bond donors (Lipinski definition) is 2. The zero-order valence-electron chi connectivity index (χ0n) is 10.3. The monoisotopic (exact) mass is 242 g/mol. The van der Waals surface area contributed by atoms with Gasteiger partial charge in [-0.25, -0.2) is 4.79 Å². The van der Waals surface area contributed by atoms with Crippen LogP contribution in [0.15, 0.2) is 0 Å². The van der Waals surface area contributed by atoms with Gasteiger partial charge in [0.05, 0.1) is 12.5 Å². The van der Waals surface area contributed by atoms with E-state index in [2.05, 4.69) is 10.6 Å². The standard InChI is InChI=1S/C11H18N2O4/c1-4-6-7(8(14)17-5-2)11(3)9(15)12-10(16)13-11/h7H,4-6H2,1-3H3,(H2,12,13,15,16). The van der Waals surface area contributed by atoms with Crippen molar-refractivity contribution in [1.82, 2.24) is 10.6 Å². The number of hydrogen-bond acceptors (Lipinski definition) is 4. The smallest absolute Gasteiger partial charge is 0.322 e. The Hall–Kier alpha value is -1.59. The van der Waals surface area contributed by atoms with Crippen LogP contribution in [0.25, 0.3) is 0 Å². The molecule has 6 heteroatoms. The Morgan fingerprint density at radius 1 is 1.41 bits per heavy atom. The summed E-state index contributed by atoms with van der Waals surface area (Å²) in [6.45, 7) is 5.41. The van der Waals surface area contributed by atoms with Gasteiger partial charge in [-0.3, -0.25) is 14.9 Å². The average Bonchev–Trinajstić information content (AvgIpc) is 2.50. The molecule has 1 fully saturated rings. The number of imide groups is 1. The first-order valence-electron chi connectivity index (χ1n) is 5.75. The predicted molar refractivity (Wildman–Crippen MR) is 60.1 cm³/mol. The first-order valence-corrected chi connectivity index (χ1v) is 5.75. The molecule has 0 aromatic rings. The molecule has 0 aliphatic carbocycles. The Morgan fingerprint density at radius 2 is 2.06 bits per heavy atom. The summed E-state index contributed by atoms with van der Waals surface area (Å²) >= 11 is 0. The van der Waals surface area contributed by atoms with Gasteiger partial charge in [-0.15, -0.1) is 0 Å². The van der Waals surface area contributed by atoms with E-state index in [9.17, 15) is 14.4 Å². The first-order chi connectivity index (χ1) is 7.95. The van der Waals surface area contributed by atoms with Gasteiger partial charge < -0.3 is 10.1 Å². The number of carbonyl (C=O) groups excluding carboxylic acids is 3. The summed E-state index contributed by atoms with van der Waals surface area (Å²) < 4.78 is 4.95. The van der Waals surface area contributed by atoms with Crippen molar-refractivity contribution >= 4 is 17.9 Å². The normalized spacial score (nSPS) is 25.1. The van der Waals surface area contributed by atoms with Gasteiger partial charge in [0.15, 0.2) is 0 Å². The molecular formula is C11H18N2O4. The number of esters is 1. The van der Waals surface area contributed by atoms with Gasteiger partial charge in [0.25, 0.3) is 5.91 Å². The van der Waals surface area contributed by atoms with E-state index >= 15 is 0 Å². The van der Waals surface area contributed by atoms with Gasteiger partial charge in [-0.2, -0.15) is 0 Å². The summed E-state index contributed by atoms with van der Waals surface area (Å²) in [4.78, 5) is 34.7. The molecule has 1 heterocycles. The molecule has 1 saturated heterocycles. The third kappa shape index (κ3) is 2.57. The van der Waals surface area contributed by atoms with Crippen molar-refractivity contribution in [3.63, 3.8) is 0 Å². The number of urea groups is 1. The number of carbonyl (C=O) groups is 3. The zero-order valence-corrected chi connectivity index (χ0v) is 10.3. The maximum Gasteiger partial charge on any atom is 0.322 e.